The second-order valence-electron chi connectivity index (χ2n) is 9.04. The zero-order valence-corrected chi connectivity index (χ0v) is 21.9. The minimum Gasteiger partial charge on any atom is -0.382 e. The van der Waals surface area contributed by atoms with Gasteiger partial charge in [0.15, 0.2) is 0 Å². The van der Waals surface area contributed by atoms with Gasteiger partial charge in [0, 0.05) is 63.9 Å². The van der Waals surface area contributed by atoms with Crippen LogP contribution in [-0.4, -0.2) is 78.1 Å². The molecule has 0 atom stereocenters. The zero-order valence-electron chi connectivity index (χ0n) is 21.2. The number of benzene rings is 1. The summed E-state index contributed by atoms with van der Waals surface area (Å²) in [6.45, 7) is 9.55. The van der Waals surface area contributed by atoms with E-state index in [-0.39, 0.29) is 18.5 Å². The van der Waals surface area contributed by atoms with Crippen molar-refractivity contribution in [2.75, 3.05) is 46.9 Å². The first kappa shape index (κ1) is 27.7. The third-order valence-corrected chi connectivity index (χ3v) is 5.78. The number of rotatable bonds is 13. The highest BCUT2D eigenvalue weighted by atomic mass is 35.5. The van der Waals surface area contributed by atoms with Gasteiger partial charge in [-0.05, 0) is 43.0 Å². The van der Waals surface area contributed by atoms with Crippen LogP contribution >= 0.6 is 11.6 Å². The Bertz CT molecular complexity index is 913. The van der Waals surface area contributed by atoms with Gasteiger partial charge in [-0.15, -0.1) is 0 Å². The van der Waals surface area contributed by atoms with E-state index in [0.717, 1.165) is 16.3 Å². The van der Waals surface area contributed by atoms with Gasteiger partial charge in [-0.25, -0.2) is 4.79 Å². The molecule has 0 aliphatic heterocycles. The SMILES string of the molecule is CCOCCCN(CC(=O)N(Cc1cccn1Cc1ccccc1Cl)CC(C)C)C(=O)N(C)C. The Hall–Kier alpha value is -2.51. The highest BCUT2D eigenvalue weighted by Crippen LogP contribution is 2.18. The Kier molecular flexibility index (Phi) is 11.4. The van der Waals surface area contributed by atoms with Gasteiger partial charge in [0.25, 0.3) is 0 Å². The number of hydrogen-bond acceptors (Lipinski definition) is 3. The molecule has 188 valence electrons. The quantitative estimate of drug-likeness (QED) is 0.386. The number of carbonyl (C=O) groups is 2. The molecule has 0 saturated heterocycles. The maximum absolute atomic E-state index is 13.4. The van der Waals surface area contributed by atoms with Crippen LogP contribution in [0.5, 0.6) is 0 Å². The van der Waals surface area contributed by atoms with Crippen molar-refractivity contribution in [1.82, 2.24) is 19.3 Å². The average molecular weight is 491 g/mol. The average Bonchev–Trinajstić information content (AvgIpc) is 3.22. The summed E-state index contributed by atoms with van der Waals surface area (Å²) >= 11 is 6.36. The summed E-state index contributed by atoms with van der Waals surface area (Å²) in [5.41, 5.74) is 2.05. The third-order valence-electron chi connectivity index (χ3n) is 5.41. The molecule has 8 heteroatoms. The lowest BCUT2D eigenvalue weighted by molar-refractivity contribution is -0.133. The van der Waals surface area contributed by atoms with Gasteiger partial charge in [-0.3, -0.25) is 4.79 Å². The van der Waals surface area contributed by atoms with Crippen LogP contribution in [-0.2, 0) is 22.6 Å². The van der Waals surface area contributed by atoms with Crippen LogP contribution in [0.4, 0.5) is 4.79 Å². The van der Waals surface area contributed by atoms with Crippen LogP contribution in [0.2, 0.25) is 5.02 Å². The molecule has 0 radical (unpaired) electrons. The minimum atomic E-state index is -0.170. The summed E-state index contributed by atoms with van der Waals surface area (Å²) in [6, 6.07) is 11.6. The Labute approximate surface area is 209 Å². The zero-order chi connectivity index (χ0) is 25.1. The molecular weight excluding hydrogens is 452 g/mol. The summed E-state index contributed by atoms with van der Waals surface area (Å²) in [5.74, 6) is 0.234. The Balaban J connectivity index is 2.15. The lowest BCUT2D eigenvalue weighted by Crippen LogP contribution is -2.47. The lowest BCUT2D eigenvalue weighted by Gasteiger charge is -2.30. The van der Waals surface area contributed by atoms with Crippen LogP contribution in [0.3, 0.4) is 0 Å². The molecule has 3 amide bonds. The summed E-state index contributed by atoms with van der Waals surface area (Å²) in [4.78, 5) is 31.1. The van der Waals surface area contributed by atoms with E-state index in [4.69, 9.17) is 16.3 Å². The van der Waals surface area contributed by atoms with Crippen LogP contribution < -0.4 is 0 Å². The summed E-state index contributed by atoms with van der Waals surface area (Å²) in [7, 11) is 3.41. The van der Waals surface area contributed by atoms with E-state index >= 15 is 0 Å². The molecule has 0 unspecified atom stereocenters. The van der Waals surface area contributed by atoms with Gasteiger partial charge in [-0.1, -0.05) is 43.6 Å². The van der Waals surface area contributed by atoms with Crippen molar-refractivity contribution < 1.29 is 14.3 Å². The first-order valence-corrected chi connectivity index (χ1v) is 12.3. The largest absolute Gasteiger partial charge is 0.382 e. The molecule has 0 N–H and O–H groups in total. The predicted molar refractivity (Wildman–Crippen MR) is 137 cm³/mol. The van der Waals surface area contributed by atoms with E-state index < -0.39 is 0 Å². The fourth-order valence-electron chi connectivity index (χ4n) is 3.74. The van der Waals surface area contributed by atoms with E-state index in [1.807, 2.05) is 54.4 Å². The summed E-state index contributed by atoms with van der Waals surface area (Å²) in [5, 5.41) is 0.724. The number of hydrogen-bond donors (Lipinski definition) is 0. The van der Waals surface area contributed by atoms with Crippen molar-refractivity contribution in [1.29, 1.82) is 0 Å². The number of carbonyl (C=O) groups excluding carboxylic acids is 2. The van der Waals surface area contributed by atoms with Crippen molar-refractivity contribution in [3.05, 3.63) is 58.9 Å². The number of aromatic nitrogens is 1. The number of urea groups is 1. The van der Waals surface area contributed by atoms with Crippen LogP contribution in [0.1, 0.15) is 38.4 Å². The molecule has 7 nitrogen and oxygen atoms in total. The highest BCUT2D eigenvalue weighted by molar-refractivity contribution is 6.31. The maximum atomic E-state index is 13.4. The molecular formula is C26H39ClN4O3. The minimum absolute atomic E-state index is 0.0427. The van der Waals surface area contributed by atoms with E-state index in [0.29, 0.717) is 51.7 Å². The van der Waals surface area contributed by atoms with Crippen LogP contribution in [0.25, 0.3) is 0 Å². The normalized spacial score (nSPS) is 11.0. The fourth-order valence-corrected chi connectivity index (χ4v) is 3.93. The molecule has 0 aliphatic rings. The smallest absolute Gasteiger partial charge is 0.319 e. The van der Waals surface area contributed by atoms with Crippen LogP contribution in [0, 0.1) is 5.92 Å². The van der Waals surface area contributed by atoms with Gasteiger partial charge in [0.1, 0.15) is 6.54 Å². The molecule has 0 fully saturated rings. The Morgan fingerprint density at radius 1 is 1.09 bits per heavy atom. The summed E-state index contributed by atoms with van der Waals surface area (Å²) < 4.78 is 7.53. The number of nitrogens with zero attached hydrogens (tertiary/aromatic N) is 4. The van der Waals surface area contributed by atoms with Gasteiger partial charge in [0.05, 0.1) is 6.54 Å². The molecule has 1 aromatic carbocycles. The topological polar surface area (TPSA) is 58.0 Å². The molecule has 0 saturated carbocycles. The Morgan fingerprint density at radius 2 is 1.82 bits per heavy atom. The molecule has 34 heavy (non-hydrogen) atoms. The fraction of sp³-hybridized carbons (Fsp3) is 0.538. The second-order valence-corrected chi connectivity index (χ2v) is 9.44. The molecule has 0 bridgehead atoms. The van der Waals surface area contributed by atoms with Crippen molar-refractivity contribution in [3.8, 4) is 0 Å². The monoisotopic (exact) mass is 490 g/mol. The number of halogens is 1. The van der Waals surface area contributed by atoms with E-state index in [1.165, 1.54) is 4.90 Å². The third kappa shape index (κ3) is 8.69. The molecule has 0 spiro atoms. The molecule has 1 heterocycles. The standard InChI is InChI=1S/C26H39ClN4O3/c1-6-34-16-10-15-30(26(33)28(4)5)20-25(32)31(17-21(2)3)19-23-12-9-14-29(23)18-22-11-7-8-13-24(22)27/h7-9,11-14,21H,6,10,15-20H2,1-5H3. The second kappa shape index (κ2) is 14.0. The van der Waals surface area contributed by atoms with Crippen LogP contribution in [0.15, 0.2) is 42.6 Å². The molecule has 0 aliphatic carbocycles. The Morgan fingerprint density at radius 3 is 2.47 bits per heavy atom. The van der Waals surface area contributed by atoms with Crippen molar-refractivity contribution in [2.24, 2.45) is 5.92 Å². The number of ether oxygens (including phenoxy) is 1. The molecule has 2 aromatic rings. The maximum Gasteiger partial charge on any atom is 0.319 e. The number of amides is 3. The van der Waals surface area contributed by atoms with E-state index in [2.05, 4.69) is 18.4 Å². The lowest BCUT2D eigenvalue weighted by atomic mass is 10.2. The highest BCUT2D eigenvalue weighted by Gasteiger charge is 2.23. The van der Waals surface area contributed by atoms with Gasteiger partial charge >= 0.3 is 6.03 Å². The van der Waals surface area contributed by atoms with E-state index in [1.54, 1.807) is 19.0 Å². The first-order chi connectivity index (χ1) is 16.2. The van der Waals surface area contributed by atoms with Crippen molar-refractivity contribution in [3.63, 3.8) is 0 Å². The first-order valence-electron chi connectivity index (χ1n) is 11.9. The van der Waals surface area contributed by atoms with Gasteiger partial charge < -0.3 is 24.0 Å². The summed E-state index contributed by atoms with van der Waals surface area (Å²) in [6.07, 6.45) is 2.69. The van der Waals surface area contributed by atoms with Crippen molar-refractivity contribution >= 4 is 23.5 Å². The molecule has 2 rings (SSSR count). The van der Waals surface area contributed by atoms with Gasteiger partial charge in [-0.2, -0.15) is 0 Å². The van der Waals surface area contributed by atoms with E-state index in [9.17, 15) is 9.59 Å². The predicted octanol–water partition coefficient (Wildman–Crippen LogP) is 4.58. The molecule has 1 aromatic heterocycles. The van der Waals surface area contributed by atoms with Gasteiger partial charge in [0.2, 0.25) is 5.91 Å². The van der Waals surface area contributed by atoms with Crippen molar-refractivity contribution in [2.45, 2.75) is 40.3 Å².